The van der Waals surface area contributed by atoms with Crippen molar-refractivity contribution in [3.05, 3.63) is 60.7 Å². The van der Waals surface area contributed by atoms with Gasteiger partial charge in [0, 0.05) is 7.83 Å². The lowest BCUT2D eigenvalue weighted by Crippen LogP contribution is -2.54. The van der Waals surface area contributed by atoms with Gasteiger partial charge < -0.3 is 0 Å². The minimum atomic E-state index is -0.844. The SMILES string of the molecule is CC[SiH]([SiH3])[SiH](c1ccccc1)c1ccccc1. The molecule has 0 aromatic heterocycles. The van der Waals surface area contributed by atoms with Gasteiger partial charge in [-0.3, -0.25) is 0 Å². The van der Waals surface area contributed by atoms with Crippen LogP contribution in [0.3, 0.4) is 0 Å². The molecule has 1 unspecified atom stereocenters. The van der Waals surface area contributed by atoms with Gasteiger partial charge in [-0.15, -0.1) is 0 Å². The fourth-order valence-corrected chi connectivity index (χ4v) is 19.5. The minimum Gasteiger partial charge on any atom is -0.0684 e. The zero-order valence-electron chi connectivity index (χ0n) is 10.6. The molecule has 1 atom stereocenters. The second-order valence-electron chi connectivity index (χ2n) is 4.68. The zero-order chi connectivity index (χ0) is 12.1. The van der Waals surface area contributed by atoms with Crippen molar-refractivity contribution >= 4 is 36.3 Å². The van der Waals surface area contributed by atoms with E-state index in [2.05, 4.69) is 67.6 Å². The van der Waals surface area contributed by atoms with Gasteiger partial charge in [0.05, 0.1) is 8.31 Å². The molecule has 0 fully saturated rings. The summed E-state index contributed by atoms with van der Waals surface area (Å²) in [6.07, 6.45) is 0. The van der Waals surface area contributed by atoms with Crippen LogP contribution in [0.2, 0.25) is 6.04 Å². The third kappa shape index (κ3) is 3.06. The van der Waals surface area contributed by atoms with E-state index in [9.17, 15) is 0 Å². The monoisotopic (exact) mass is 272 g/mol. The summed E-state index contributed by atoms with van der Waals surface area (Å²) in [5.74, 6) is 0. The van der Waals surface area contributed by atoms with Gasteiger partial charge in [-0.1, -0.05) is 84.0 Å². The molecule has 0 bridgehead atoms. The van der Waals surface area contributed by atoms with Gasteiger partial charge in [-0.25, -0.2) is 0 Å². The van der Waals surface area contributed by atoms with E-state index in [-0.39, 0.29) is 0 Å². The average Bonchev–Trinajstić information content (AvgIpc) is 2.41. The lowest BCUT2D eigenvalue weighted by Gasteiger charge is -2.21. The molecule has 3 heteroatoms. The first-order valence-electron chi connectivity index (χ1n) is 6.42. The summed E-state index contributed by atoms with van der Waals surface area (Å²) in [5.41, 5.74) is 0. The predicted molar refractivity (Wildman–Crippen MR) is 86.9 cm³/mol. The highest BCUT2D eigenvalue weighted by Crippen LogP contribution is 1.98. The van der Waals surface area contributed by atoms with Crippen LogP contribution in [0.25, 0.3) is 0 Å². The molecule has 0 aliphatic carbocycles. The van der Waals surface area contributed by atoms with Crippen LogP contribution in [0, 0.1) is 0 Å². The van der Waals surface area contributed by atoms with Gasteiger partial charge in [0.15, 0.2) is 0 Å². The molecular formula is C14H20Si3. The predicted octanol–water partition coefficient (Wildman–Crippen LogP) is 0.215. The summed E-state index contributed by atoms with van der Waals surface area (Å²) in [4.78, 5) is 0. The highest BCUT2D eigenvalue weighted by molar-refractivity contribution is 7.48. The standard InChI is InChI=1S/C14H20Si3/c1-2-16(15)17(13-9-5-3-6-10-13)14-11-7-4-8-12-14/h3-12,16-17H,2H2,1,15H3. The van der Waals surface area contributed by atoms with E-state index in [1.54, 1.807) is 10.4 Å². The Balaban J connectivity index is 2.39. The van der Waals surface area contributed by atoms with Gasteiger partial charge in [-0.2, -0.15) is 0 Å². The van der Waals surface area contributed by atoms with Gasteiger partial charge in [0.1, 0.15) is 0 Å². The Morgan fingerprint density at radius 1 is 0.824 bits per heavy atom. The summed E-state index contributed by atoms with van der Waals surface area (Å²) in [7, 11) is 0.128. The molecule has 2 aromatic carbocycles. The maximum atomic E-state index is 2.40. The highest BCUT2D eigenvalue weighted by Gasteiger charge is 2.22. The molecule has 0 heterocycles. The van der Waals surface area contributed by atoms with Crippen LogP contribution in [0.15, 0.2) is 60.7 Å². The Labute approximate surface area is 110 Å². The molecule has 0 aliphatic heterocycles. The molecule has 0 spiro atoms. The van der Waals surface area contributed by atoms with E-state index in [1.807, 2.05) is 0 Å². The fraction of sp³-hybridized carbons (Fsp3) is 0.143. The lowest BCUT2D eigenvalue weighted by atomic mass is 10.4. The van der Waals surface area contributed by atoms with E-state index in [4.69, 9.17) is 0 Å². The third-order valence-electron chi connectivity index (χ3n) is 3.53. The Morgan fingerprint density at radius 3 is 1.59 bits per heavy atom. The minimum absolute atomic E-state index is 0.472. The van der Waals surface area contributed by atoms with Gasteiger partial charge in [-0.05, 0) is 9.76 Å². The molecule has 2 aromatic rings. The average molecular weight is 273 g/mol. The van der Waals surface area contributed by atoms with Crippen molar-refractivity contribution in [3.8, 4) is 0 Å². The van der Waals surface area contributed by atoms with Crippen LogP contribution >= 0.6 is 0 Å². The summed E-state index contributed by atoms with van der Waals surface area (Å²) >= 11 is 0. The third-order valence-corrected chi connectivity index (χ3v) is 23.7. The first kappa shape index (κ1) is 12.5. The zero-order valence-corrected chi connectivity index (χ0v) is 14.9. The molecule has 2 rings (SSSR count). The Kier molecular flexibility index (Phi) is 4.53. The molecule has 17 heavy (non-hydrogen) atoms. The van der Waals surface area contributed by atoms with E-state index < -0.39 is 16.1 Å². The summed E-state index contributed by atoms with van der Waals surface area (Å²) in [6.45, 7) is 2.40. The van der Waals surface area contributed by atoms with Crippen molar-refractivity contribution in [3.63, 3.8) is 0 Å². The number of hydrogen-bond acceptors (Lipinski definition) is 0. The van der Waals surface area contributed by atoms with Crippen LogP contribution < -0.4 is 10.4 Å². The van der Waals surface area contributed by atoms with Crippen LogP contribution in [0.4, 0.5) is 0 Å². The molecule has 0 amide bonds. The summed E-state index contributed by atoms with van der Waals surface area (Å²) in [6, 6.07) is 24.0. The Morgan fingerprint density at radius 2 is 1.24 bits per heavy atom. The van der Waals surface area contributed by atoms with Crippen molar-refractivity contribution in [1.82, 2.24) is 0 Å². The van der Waals surface area contributed by atoms with Crippen LogP contribution in [0.1, 0.15) is 6.92 Å². The molecule has 0 nitrogen and oxygen atoms in total. The molecule has 88 valence electrons. The second-order valence-corrected chi connectivity index (χ2v) is 23.6. The van der Waals surface area contributed by atoms with Gasteiger partial charge >= 0.3 is 0 Å². The maximum absolute atomic E-state index is 2.40. The molecule has 0 saturated carbocycles. The molecule has 0 aliphatic rings. The first-order chi connectivity index (χ1) is 8.33. The van der Waals surface area contributed by atoms with Crippen molar-refractivity contribution in [2.24, 2.45) is 0 Å². The van der Waals surface area contributed by atoms with Gasteiger partial charge in [0.25, 0.3) is 0 Å². The number of benzene rings is 2. The van der Waals surface area contributed by atoms with Crippen molar-refractivity contribution in [1.29, 1.82) is 0 Å². The van der Waals surface area contributed by atoms with E-state index in [0.29, 0.717) is 0 Å². The Bertz CT molecular complexity index is 402. The van der Waals surface area contributed by atoms with Crippen LogP contribution in [-0.2, 0) is 0 Å². The van der Waals surface area contributed by atoms with E-state index >= 15 is 0 Å². The number of rotatable bonds is 4. The first-order valence-corrected chi connectivity index (χ1v) is 15.7. The van der Waals surface area contributed by atoms with Crippen LogP contribution in [0.5, 0.6) is 0 Å². The largest absolute Gasteiger partial charge is 0.0893 e. The smallest absolute Gasteiger partial charge is 0.0684 e. The molecule has 0 radical (unpaired) electrons. The Hall–Kier alpha value is -0.909. The maximum Gasteiger partial charge on any atom is 0.0893 e. The van der Waals surface area contributed by atoms with Gasteiger partial charge in [0.2, 0.25) is 0 Å². The fourth-order valence-electron chi connectivity index (χ4n) is 2.41. The normalized spacial score (nSPS) is 12.8. The van der Waals surface area contributed by atoms with E-state index in [1.165, 1.54) is 15.8 Å². The number of hydrogen-bond donors (Lipinski definition) is 0. The van der Waals surface area contributed by atoms with Crippen molar-refractivity contribution < 1.29 is 0 Å². The highest BCUT2D eigenvalue weighted by atomic mass is 29.6. The van der Waals surface area contributed by atoms with E-state index in [0.717, 1.165) is 0 Å². The summed E-state index contributed by atoms with van der Waals surface area (Å²) < 4.78 is 0. The lowest BCUT2D eigenvalue weighted by molar-refractivity contribution is 1.46. The summed E-state index contributed by atoms with van der Waals surface area (Å²) in [5, 5.41) is 3.32. The quantitative estimate of drug-likeness (QED) is 0.699. The molecular weight excluding hydrogens is 252 g/mol. The van der Waals surface area contributed by atoms with Crippen LogP contribution in [-0.4, -0.2) is 25.9 Å². The van der Waals surface area contributed by atoms with Crippen molar-refractivity contribution in [2.75, 3.05) is 0 Å². The second kappa shape index (κ2) is 6.14. The molecule has 0 N–H and O–H groups in total. The van der Waals surface area contributed by atoms with Crippen molar-refractivity contribution in [2.45, 2.75) is 13.0 Å². The molecule has 0 saturated heterocycles. The topological polar surface area (TPSA) is 0 Å².